The zero-order chi connectivity index (χ0) is 12.1. The van der Waals surface area contributed by atoms with Crippen LogP contribution in [0.4, 0.5) is 0 Å². The van der Waals surface area contributed by atoms with Crippen LogP contribution in [0.25, 0.3) is 0 Å². The molecule has 1 aromatic rings. The lowest BCUT2D eigenvalue weighted by molar-refractivity contribution is 0.0940. The summed E-state index contributed by atoms with van der Waals surface area (Å²) < 4.78 is 0. The molecule has 4 heteroatoms. The van der Waals surface area contributed by atoms with Gasteiger partial charge in [-0.05, 0) is 37.1 Å². The minimum Gasteiger partial charge on any atom is -0.348 e. The van der Waals surface area contributed by atoms with Gasteiger partial charge in [0.15, 0.2) is 0 Å². The van der Waals surface area contributed by atoms with E-state index in [2.05, 4.69) is 17.6 Å². The summed E-state index contributed by atoms with van der Waals surface area (Å²) in [5, 5.41) is 6.29. The van der Waals surface area contributed by atoms with Crippen molar-refractivity contribution in [2.75, 3.05) is 13.1 Å². The number of hydrogen-bond acceptors (Lipinski definition) is 2. The molecule has 2 rings (SSSR count). The van der Waals surface area contributed by atoms with E-state index >= 15 is 0 Å². The van der Waals surface area contributed by atoms with Crippen LogP contribution in [0, 0.1) is 0 Å². The van der Waals surface area contributed by atoms with Gasteiger partial charge in [0.25, 0.3) is 5.91 Å². The highest BCUT2D eigenvalue weighted by atomic mass is 35.5. The van der Waals surface area contributed by atoms with Crippen LogP contribution in [-0.2, 0) is 6.42 Å². The number of halogens is 1. The van der Waals surface area contributed by atoms with Crippen LogP contribution in [0.1, 0.15) is 35.7 Å². The van der Waals surface area contributed by atoms with Crippen molar-refractivity contribution >= 4 is 18.3 Å². The maximum atomic E-state index is 11.9. The number of benzene rings is 1. The first-order chi connectivity index (χ1) is 8.29. The number of amides is 1. The first-order valence-electron chi connectivity index (χ1n) is 6.40. The lowest BCUT2D eigenvalue weighted by atomic mass is 10.1. The van der Waals surface area contributed by atoms with Gasteiger partial charge in [-0.2, -0.15) is 0 Å². The zero-order valence-electron chi connectivity index (χ0n) is 10.7. The molecule has 1 aliphatic heterocycles. The van der Waals surface area contributed by atoms with Crippen LogP contribution in [0.15, 0.2) is 24.3 Å². The second-order valence-electron chi connectivity index (χ2n) is 4.61. The lowest BCUT2D eigenvalue weighted by Crippen LogP contribution is -2.36. The molecular formula is C14H21ClN2O. The molecule has 100 valence electrons. The molecule has 1 fully saturated rings. The topological polar surface area (TPSA) is 41.1 Å². The molecule has 0 bridgehead atoms. The molecule has 3 nitrogen and oxygen atoms in total. The third kappa shape index (κ3) is 4.00. The average Bonchev–Trinajstić information content (AvgIpc) is 2.83. The highest BCUT2D eigenvalue weighted by molar-refractivity contribution is 5.94. The van der Waals surface area contributed by atoms with Crippen LogP contribution in [0.2, 0.25) is 0 Å². The fourth-order valence-electron chi connectivity index (χ4n) is 2.16. The Hall–Kier alpha value is -1.06. The number of nitrogens with one attached hydrogen (secondary N) is 2. The van der Waals surface area contributed by atoms with Crippen molar-refractivity contribution < 1.29 is 4.79 Å². The predicted octanol–water partition coefficient (Wildman–Crippen LogP) is 2.15. The minimum absolute atomic E-state index is 0. The molecular weight excluding hydrogens is 248 g/mol. The Morgan fingerprint density at radius 2 is 2.11 bits per heavy atom. The molecule has 1 saturated heterocycles. The fraction of sp³-hybridized carbons (Fsp3) is 0.500. The van der Waals surface area contributed by atoms with E-state index < -0.39 is 0 Å². The summed E-state index contributed by atoms with van der Waals surface area (Å²) in [7, 11) is 0. The van der Waals surface area contributed by atoms with Crippen LogP contribution in [0.3, 0.4) is 0 Å². The molecule has 1 amide bonds. The van der Waals surface area contributed by atoms with Crippen molar-refractivity contribution in [3.63, 3.8) is 0 Å². The van der Waals surface area contributed by atoms with E-state index in [-0.39, 0.29) is 24.4 Å². The van der Waals surface area contributed by atoms with Crippen molar-refractivity contribution in [3.05, 3.63) is 35.4 Å². The van der Waals surface area contributed by atoms with E-state index in [1.807, 2.05) is 24.3 Å². The Bertz CT molecular complexity index is 372. The molecule has 1 atom stereocenters. The summed E-state index contributed by atoms with van der Waals surface area (Å²) in [6, 6.07) is 8.22. The second-order valence-corrected chi connectivity index (χ2v) is 4.61. The van der Waals surface area contributed by atoms with Crippen LogP contribution in [0.5, 0.6) is 0 Å². The van der Waals surface area contributed by atoms with Crippen molar-refractivity contribution in [3.8, 4) is 0 Å². The summed E-state index contributed by atoms with van der Waals surface area (Å²) >= 11 is 0. The third-order valence-corrected chi connectivity index (χ3v) is 3.15. The minimum atomic E-state index is 0. The number of aryl methyl sites for hydroxylation is 1. The van der Waals surface area contributed by atoms with Crippen LogP contribution in [-0.4, -0.2) is 25.0 Å². The predicted molar refractivity (Wildman–Crippen MR) is 76.4 cm³/mol. The molecule has 0 aromatic heterocycles. The monoisotopic (exact) mass is 268 g/mol. The Morgan fingerprint density at radius 3 is 2.67 bits per heavy atom. The number of hydrogen-bond donors (Lipinski definition) is 2. The normalized spacial score (nSPS) is 18.2. The Kier molecular flexibility index (Phi) is 6.16. The molecule has 0 spiro atoms. The van der Waals surface area contributed by atoms with Crippen molar-refractivity contribution in [2.24, 2.45) is 0 Å². The molecule has 18 heavy (non-hydrogen) atoms. The van der Waals surface area contributed by atoms with Crippen LogP contribution >= 0.6 is 12.4 Å². The number of carbonyl (C=O) groups excluding carboxylic acids is 1. The van der Waals surface area contributed by atoms with E-state index in [1.165, 1.54) is 5.56 Å². The highest BCUT2D eigenvalue weighted by Gasteiger charge is 2.17. The first kappa shape index (κ1) is 15.0. The number of carbonyl (C=O) groups is 1. The fourth-order valence-corrected chi connectivity index (χ4v) is 2.16. The van der Waals surface area contributed by atoms with Crippen LogP contribution < -0.4 is 10.6 Å². The van der Waals surface area contributed by atoms with Gasteiger partial charge in [-0.15, -0.1) is 12.4 Å². The molecule has 2 N–H and O–H groups in total. The molecule has 1 unspecified atom stereocenters. The van der Waals surface area contributed by atoms with Gasteiger partial charge in [0, 0.05) is 18.2 Å². The molecule has 1 heterocycles. The molecule has 1 aromatic carbocycles. The van der Waals surface area contributed by atoms with Gasteiger partial charge >= 0.3 is 0 Å². The Morgan fingerprint density at radius 1 is 1.39 bits per heavy atom. The van der Waals surface area contributed by atoms with E-state index in [4.69, 9.17) is 0 Å². The van der Waals surface area contributed by atoms with Gasteiger partial charge in [0.2, 0.25) is 0 Å². The Labute approximate surface area is 115 Å². The van der Waals surface area contributed by atoms with Gasteiger partial charge in [0.05, 0.1) is 0 Å². The standard InChI is InChI=1S/C14H20N2O.ClH/c1-2-3-11-4-6-12(7-5-11)14(17)16-13-8-9-15-10-13;/h4-7,13,15H,2-3,8-10H2,1H3,(H,16,17);1H. The summed E-state index contributed by atoms with van der Waals surface area (Å²) in [4.78, 5) is 11.9. The van der Waals surface area contributed by atoms with E-state index in [9.17, 15) is 4.79 Å². The van der Waals surface area contributed by atoms with E-state index in [1.54, 1.807) is 0 Å². The van der Waals surface area contributed by atoms with Gasteiger partial charge in [0.1, 0.15) is 0 Å². The number of rotatable bonds is 4. The quantitative estimate of drug-likeness (QED) is 0.879. The third-order valence-electron chi connectivity index (χ3n) is 3.15. The maximum absolute atomic E-state index is 11.9. The molecule has 0 radical (unpaired) electrons. The van der Waals surface area contributed by atoms with Gasteiger partial charge in [-0.3, -0.25) is 4.79 Å². The highest BCUT2D eigenvalue weighted by Crippen LogP contribution is 2.07. The van der Waals surface area contributed by atoms with Gasteiger partial charge < -0.3 is 10.6 Å². The van der Waals surface area contributed by atoms with Crippen molar-refractivity contribution in [1.82, 2.24) is 10.6 Å². The smallest absolute Gasteiger partial charge is 0.251 e. The summed E-state index contributed by atoms with van der Waals surface area (Å²) in [5.41, 5.74) is 2.06. The Balaban J connectivity index is 0.00000162. The second kappa shape index (κ2) is 7.39. The van der Waals surface area contributed by atoms with Crippen molar-refractivity contribution in [2.45, 2.75) is 32.2 Å². The molecule has 0 aliphatic carbocycles. The summed E-state index contributed by atoms with van der Waals surface area (Å²) in [6.07, 6.45) is 3.24. The average molecular weight is 269 g/mol. The first-order valence-corrected chi connectivity index (χ1v) is 6.40. The van der Waals surface area contributed by atoms with Gasteiger partial charge in [-0.25, -0.2) is 0 Å². The summed E-state index contributed by atoms with van der Waals surface area (Å²) in [6.45, 7) is 4.05. The SMILES string of the molecule is CCCc1ccc(C(=O)NC2CCNC2)cc1.Cl. The van der Waals surface area contributed by atoms with E-state index in [0.717, 1.165) is 37.9 Å². The maximum Gasteiger partial charge on any atom is 0.251 e. The largest absolute Gasteiger partial charge is 0.348 e. The van der Waals surface area contributed by atoms with E-state index in [0.29, 0.717) is 0 Å². The molecule has 1 aliphatic rings. The van der Waals surface area contributed by atoms with Gasteiger partial charge in [-0.1, -0.05) is 25.5 Å². The lowest BCUT2D eigenvalue weighted by Gasteiger charge is -2.11. The summed E-state index contributed by atoms with van der Waals surface area (Å²) in [5.74, 6) is 0.0433. The molecule has 0 saturated carbocycles. The zero-order valence-corrected chi connectivity index (χ0v) is 11.6. The van der Waals surface area contributed by atoms with Crippen molar-refractivity contribution in [1.29, 1.82) is 0 Å².